The predicted molar refractivity (Wildman–Crippen MR) is 141 cm³/mol. The molecule has 216 valence electrons. The SMILES string of the molecule is Oc1cc(O)c2c(c1)O[C@@]1(c3ccc(O)c(O)c3)Oc3cc4c(c(O)c3[C@@H]2[C@H]1O)C[C@H](O)[C@H](c1ccc(O)c(O)c1)O4. The summed E-state index contributed by atoms with van der Waals surface area (Å²) in [5, 5.41) is 95.1. The first-order chi connectivity index (χ1) is 20.0. The highest BCUT2D eigenvalue weighted by molar-refractivity contribution is 5.67. The number of benzene rings is 4. The summed E-state index contributed by atoms with van der Waals surface area (Å²) in [6, 6.07) is 11.3. The molecular formula is C30H24O12. The van der Waals surface area contributed by atoms with E-state index in [9.17, 15) is 46.0 Å². The molecule has 2 bridgehead atoms. The number of aliphatic hydroxyl groups is 2. The van der Waals surface area contributed by atoms with Crippen LogP contribution in [0.5, 0.6) is 57.5 Å². The van der Waals surface area contributed by atoms with Crippen molar-refractivity contribution >= 4 is 0 Å². The average molecular weight is 577 g/mol. The van der Waals surface area contributed by atoms with E-state index < -0.39 is 53.0 Å². The number of hydrogen-bond acceptors (Lipinski definition) is 12. The summed E-state index contributed by atoms with van der Waals surface area (Å²) < 4.78 is 18.4. The van der Waals surface area contributed by atoms with E-state index >= 15 is 0 Å². The van der Waals surface area contributed by atoms with Crippen LogP contribution in [0, 0.1) is 0 Å². The van der Waals surface area contributed by atoms with E-state index in [4.69, 9.17) is 14.2 Å². The monoisotopic (exact) mass is 576 g/mol. The van der Waals surface area contributed by atoms with Crippen molar-refractivity contribution in [3.8, 4) is 57.5 Å². The maximum atomic E-state index is 11.8. The highest BCUT2D eigenvalue weighted by Crippen LogP contribution is 2.61. The summed E-state index contributed by atoms with van der Waals surface area (Å²) in [6.45, 7) is 0. The highest BCUT2D eigenvalue weighted by Gasteiger charge is 2.59. The van der Waals surface area contributed by atoms with Gasteiger partial charge in [0.25, 0.3) is 0 Å². The number of aliphatic hydroxyl groups excluding tert-OH is 2. The zero-order valence-corrected chi connectivity index (χ0v) is 21.5. The van der Waals surface area contributed by atoms with Gasteiger partial charge in [-0.05, 0) is 35.9 Å². The van der Waals surface area contributed by atoms with Crippen molar-refractivity contribution < 1.29 is 60.2 Å². The van der Waals surface area contributed by atoms with Crippen LogP contribution in [-0.4, -0.2) is 58.2 Å². The van der Waals surface area contributed by atoms with Gasteiger partial charge < -0.3 is 60.2 Å². The second kappa shape index (κ2) is 8.65. The molecule has 3 aliphatic rings. The smallest absolute Gasteiger partial charge is 0.305 e. The van der Waals surface area contributed by atoms with Crippen LogP contribution >= 0.6 is 0 Å². The fraction of sp³-hybridized carbons (Fsp3) is 0.200. The van der Waals surface area contributed by atoms with Gasteiger partial charge in [0, 0.05) is 46.9 Å². The molecule has 12 heteroatoms. The summed E-state index contributed by atoms with van der Waals surface area (Å²) in [5.41, 5.74) is 0.722. The zero-order chi connectivity index (χ0) is 29.7. The second-order valence-electron chi connectivity index (χ2n) is 10.5. The topological polar surface area (TPSA) is 210 Å². The quantitative estimate of drug-likeness (QED) is 0.158. The number of fused-ring (bicyclic) bond motifs is 7. The molecule has 0 fully saturated rings. The first kappa shape index (κ1) is 25.7. The lowest BCUT2D eigenvalue weighted by molar-refractivity contribution is -0.218. The third-order valence-corrected chi connectivity index (χ3v) is 8.04. The minimum atomic E-state index is -2.09. The number of phenols is 7. The molecule has 4 aromatic rings. The van der Waals surface area contributed by atoms with Gasteiger partial charge in [0.05, 0.1) is 12.0 Å². The molecule has 0 aromatic heterocycles. The zero-order valence-electron chi connectivity index (χ0n) is 21.5. The van der Waals surface area contributed by atoms with E-state index in [-0.39, 0.29) is 63.2 Å². The van der Waals surface area contributed by atoms with Gasteiger partial charge in [-0.1, -0.05) is 6.07 Å². The lowest BCUT2D eigenvalue weighted by Gasteiger charge is -2.50. The maximum absolute atomic E-state index is 11.8. The Bertz CT molecular complexity index is 1790. The van der Waals surface area contributed by atoms with Crippen LogP contribution in [0.3, 0.4) is 0 Å². The van der Waals surface area contributed by atoms with Gasteiger partial charge in [0.1, 0.15) is 46.7 Å². The summed E-state index contributed by atoms with van der Waals surface area (Å²) in [7, 11) is 0. The van der Waals surface area contributed by atoms with Crippen molar-refractivity contribution in [2.75, 3.05) is 0 Å². The van der Waals surface area contributed by atoms with Crippen LogP contribution in [0.4, 0.5) is 0 Å². The van der Waals surface area contributed by atoms with E-state index in [1.54, 1.807) is 0 Å². The predicted octanol–water partition coefficient (Wildman–Crippen LogP) is 2.79. The molecule has 0 saturated carbocycles. The Morgan fingerprint density at radius 1 is 0.643 bits per heavy atom. The molecule has 0 unspecified atom stereocenters. The summed E-state index contributed by atoms with van der Waals surface area (Å²) in [4.78, 5) is 0. The second-order valence-corrected chi connectivity index (χ2v) is 10.5. The Kier molecular flexibility index (Phi) is 5.30. The van der Waals surface area contributed by atoms with Crippen LogP contribution in [0.2, 0.25) is 0 Å². The molecule has 4 aromatic carbocycles. The molecule has 0 spiro atoms. The molecule has 3 aliphatic heterocycles. The lowest BCUT2D eigenvalue weighted by Crippen LogP contribution is -2.57. The van der Waals surface area contributed by atoms with Crippen LogP contribution < -0.4 is 14.2 Å². The summed E-state index contributed by atoms with van der Waals surface area (Å²) in [6.07, 6.45) is -3.93. The van der Waals surface area contributed by atoms with E-state index in [1.807, 2.05) is 0 Å². The van der Waals surface area contributed by atoms with Crippen molar-refractivity contribution in [3.63, 3.8) is 0 Å². The molecule has 3 heterocycles. The summed E-state index contributed by atoms with van der Waals surface area (Å²) >= 11 is 0. The van der Waals surface area contributed by atoms with Crippen molar-refractivity contribution in [1.29, 1.82) is 0 Å². The first-order valence-corrected chi connectivity index (χ1v) is 12.9. The van der Waals surface area contributed by atoms with Crippen LogP contribution in [0.1, 0.15) is 39.8 Å². The number of phenolic OH excluding ortho intramolecular Hbond substituents is 7. The van der Waals surface area contributed by atoms with Gasteiger partial charge >= 0.3 is 5.79 Å². The molecule has 0 radical (unpaired) electrons. The molecule has 12 nitrogen and oxygen atoms in total. The lowest BCUT2D eigenvalue weighted by atomic mass is 9.74. The Balaban J connectivity index is 1.43. The molecule has 42 heavy (non-hydrogen) atoms. The van der Waals surface area contributed by atoms with Gasteiger partial charge in [-0.2, -0.15) is 0 Å². The average Bonchev–Trinajstić information content (AvgIpc) is 2.92. The standard InChI is InChI=1S/C30H24O12/c31-13-7-19(36)24-22(8-13)41-30(12-2-4-16(33)18(35)6-12)29(39)26(24)25-23(42-30)10-21-14(27(25)38)9-20(37)28(40-21)11-1-3-15(32)17(34)5-11/h1-8,10,20,26,28-29,31-39H,9H2/t20-,26+,28-,29+,30-/m0/s1. The molecule has 7 rings (SSSR count). The van der Waals surface area contributed by atoms with Crippen LogP contribution in [0.15, 0.2) is 54.6 Å². The highest BCUT2D eigenvalue weighted by atomic mass is 16.7. The first-order valence-electron chi connectivity index (χ1n) is 12.9. The number of rotatable bonds is 2. The molecule has 5 atom stereocenters. The fourth-order valence-corrected chi connectivity index (χ4v) is 6.08. The number of aromatic hydroxyl groups is 7. The number of ether oxygens (including phenoxy) is 3. The van der Waals surface area contributed by atoms with Crippen molar-refractivity contribution in [1.82, 2.24) is 0 Å². The third kappa shape index (κ3) is 3.49. The van der Waals surface area contributed by atoms with Gasteiger partial charge in [0.2, 0.25) is 0 Å². The van der Waals surface area contributed by atoms with Crippen molar-refractivity contribution in [2.24, 2.45) is 0 Å². The maximum Gasteiger partial charge on any atom is 0.305 e. The van der Waals surface area contributed by atoms with E-state index in [0.717, 1.165) is 12.1 Å². The van der Waals surface area contributed by atoms with Crippen LogP contribution in [-0.2, 0) is 12.2 Å². The normalized spacial score (nSPS) is 25.2. The van der Waals surface area contributed by atoms with Gasteiger partial charge in [-0.3, -0.25) is 0 Å². The molecular weight excluding hydrogens is 552 g/mol. The minimum Gasteiger partial charge on any atom is -0.508 e. The van der Waals surface area contributed by atoms with Crippen molar-refractivity contribution in [3.05, 3.63) is 82.4 Å². The van der Waals surface area contributed by atoms with Gasteiger partial charge in [0.15, 0.2) is 23.0 Å². The summed E-state index contributed by atoms with van der Waals surface area (Å²) in [5.74, 6) is -6.12. The molecule has 9 N–H and O–H groups in total. The minimum absolute atomic E-state index is 0.0177. The van der Waals surface area contributed by atoms with E-state index in [0.29, 0.717) is 5.56 Å². The molecule has 0 aliphatic carbocycles. The number of hydrogen-bond donors (Lipinski definition) is 9. The Morgan fingerprint density at radius 2 is 1.31 bits per heavy atom. The Labute approximate surface area is 236 Å². The third-order valence-electron chi connectivity index (χ3n) is 8.04. The van der Waals surface area contributed by atoms with Gasteiger partial charge in [-0.25, -0.2) is 0 Å². The van der Waals surface area contributed by atoms with Crippen molar-refractivity contribution in [2.45, 2.75) is 36.4 Å². The van der Waals surface area contributed by atoms with E-state index in [1.165, 1.54) is 42.5 Å². The Hall–Kier alpha value is -5.20. The Morgan fingerprint density at radius 3 is 2.00 bits per heavy atom. The fourth-order valence-electron chi connectivity index (χ4n) is 6.08. The van der Waals surface area contributed by atoms with Crippen LogP contribution in [0.25, 0.3) is 0 Å². The van der Waals surface area contributed by atoms with Gasteiger partial charge in [-0.15, -0.1) is 0 Å². The molecule has 0 amide bonds. The largest absolute Gasteiger partial charge is 0.508 e. The molecule has 0 saturated heterocycles. The van der Waals surface area contributed by atoms with E-state index in [2.05, 4.69) is 0 Å².